The fourth-order valence-corrected chi connectivity index (χ4v) is 2.18. The van der Waals surface area contributed by atoms with E-state index in [-0.39, 0.29) is 5.75 Å². The Bertz CT molecular complexity index is 515. The highest BCUT2D eigenvalue weighted by Gasteiger charge is 2.14. The lowest BCUT2D eigenvalue weighted by Crippen LogP contribution is -2.39. The van der Waals surface area contributed by atoms with Crippen molar-refractivity contribution in [3.05, 3.63) is 24.3 Å². The number of rotatable bonds is 5. The molecule has 2 rings (SSSR count). The SMILES string of the molecule is O=C(NCCCN1CCOCC1)C(=O)Nc1cccc(O)c1. The van der Waals surface area contributed by atoms with E-state index in [0.717, 1.165) is 39.3 Å². The van der Waals surface area contributed by atoms with Crippen molar-refractivity contribution in [3.63, 3.8) is 0 Å². The zero-order chi connectivity index (χ0) is 15.8. The Morgan fingerprint density at radius 1 is 1.23 bits per heavy atom. The maximum Gasteiger partial charge on any atom is 0.313 e. The van der Waals surface area contributed by atoms with Crippen molar-refractivity contribution in [2.45, 2.75) is 6.42 Å². The van der Waals surface area contributed by atoms with Gasteiger partial charge in [-0.05, 0) is 25.1 Å². The maximum atomic E-state index is 11.7. The first-order valence-corrected chi connectivity index (χ1v) is 7.33. The molecule has 0 spiro atoms. The molecule has 0 aliphatic carbocycles. The first kappa shape index (κ1) is 16.3. The minimum atomic E-state index is -0.739. The van der Waals surface area contributed by atoms with Crippen LogP contribution in [-0.4, -0.2) is 61.2 Å². The van der Waals surface area contributed by atoms with Gasteiger partial charge in [-0.15, -0.1) is 0 Å². The third kappa shape index (κ3) is 5.34. The molecule has 1 aromatic rings. The van der Waals surface area contributed by atoms with Crippen LogP contribution in [0.2, 0.25) is 0 Å². The van der Waals surface area contributed by atoms with Crippen LogP contribution in [0, 0.1) is 0 Å². The number of ether oxygens (including phenoxy) is 1. The molecule has 0 radical (unpaired) electrons. The minimum absolute atomic E-state index is 0.0312. The van der Waals surface area contributed by atoms with Crippen LogP contribution in [0.15, 0.2) is 24.3 Å². The number of phenolic OH excluding ortho intramolecular Hbond substituents is 1. The van der Waals surface area contributed by atoms with Gasteiger partial charge in [-0.2, -0.15) is 0 Å². The number of phenols is 1. The van der Waals surface area contributed by atoms with Crippen LogP contribution in [0.4, 0.5) is 5.69 Å². The highest BCUT2D eigenvalue weighted by atomic mass is 16.5. The van der Waals surface area contributed by atoms with E-state index in [1.165, 1.54) is 12.1 Å². The van der Waals surface area contributed by atoms with Crippen molar-refractivity contribution < 1.29 is 19.4 Å². The molecule has 0 saturated carbocycles. The zero-order valence-corrected chi connectivity index (χ0v) is 12.4. The first-order valence-electron chi connectivity index (χ1n) is 7.33. The summed E-state index contributed by atoms with van der Waals surface area (Å²) in [5.41, 5.74) is 0.383. The molecule has 1 fully saturated rings. The molecule has 22 heavy (non-hydrogen) atoms. The quantitative estimate of drug-likeness (QED) is 0.533. The number of nitrogens with zero attached hydrogens (tertiary/aromatic N) is 1. The molecule has 3 N–H and O–H groups in total. The highest BCUT2D eigenvalue weighted by molar-refractivity contribution is 6.39. The van der Waals surface area contributed by atoms with E-state index >= 15 is 0 Å². The third-order valence-corrected chi connectivity index (χ3v) is 3.35. The number of amides is 2. The van der Waals surface area contributed by atoms with Gasteiger partial charge in [0.15, 0.2) is 0 Å². The summed E-state index contributed by atoms with van der Waals surface area (Å²) < 4.78 is 5.26. The van der Waals surface area contributed by atoms with Crippen molar-refractivity contribution in [3.8, 4) is 5.75 Å². The number of carbonyl (C=O) groups is 2. The van der Waals surface area contributed by atoms with Gasteiger partial charge in [0.05, 0.1) is 13.2 Å². The number of anilines is 1. The molecule has 1 aliphatic rings. The molecule has 1 saturated heterocycles. The van der Waals surface area contributed by atoms with Gasteiger partial charge in [0.1, 0.15) is 5.75 Å². The molecular formula is C15H21N3O4. The predicted molar refractivity (Wildman–Crippen MR) is 81.6 cm³/mol. The molecule has 0 aromatic heterocycles. The van der Waals surface area contributed by atoms with Gasteiger partial charge in [-0.3, -0.25) is 14.5 Å². The van der Waals surface area contributed by atoms with Crippen LogP contribution in [0.5, 0.6) is 5.75 Å². The van der Waals surface area contributed by atoms with E-state index in [4.69, 9.17) is 4.74 Å². The molecule has 1 aliphatic heterocycles. The minimum Gasteiger partial charge on any atom is -0.508 e. The zero-order valence-electron chi connectivity index (χ0n) is 12.4. The van der Waals surface area contributed by atoms with E-state index < -0.39 is 11.8 Å². The molecule has 0 bridgehead atoms. The number of carbonyl (C=O) groups excluding carboxylic acids is 2. The standard InChI is InChI=1S/C15H21N3O4/c19-13-4-1-3-12(11-13)17-15(21)14(20)16-5-2-6-18-7-9-22-10-8-18/h1,3-4,11,19H,2,5-10H2,(H,16,20)(H,17,21). The maximum absolute atomic E-state index is 11.7. The van der Waals surface area contributed by atoms with Gasteiger partial charge < -0.3 is 20.5 Å². The number of aromatic hydroxyl groups is 1. The van der Waals surface area contributed by atoms with E-state index in [9.17, 15) is 14.7 Å². The summed E-state index contributed by atoms with van der Waals surface area (Å²) in [6, 6.07) is 6.06. The van der Waals surface area contributed by atoms with Crippen LogP contribution in [-0.2, 0) is 14.3 Å². The number of hydrogen-bond acceptors (Lipinski definition) is 5. The van der Waals surface area contributed by atoms with Crippen LogP contribution in [0.3, 0.4) is 0 Å². The van der Waals surface area contributed by atoms with Gasteiger partial charge in [0, 0.05) is 31.4 Å². The van der Waals surface area contributed by atoms with Crippen molar-refractivity contribution in [1.82, 2.24) is 10.2 Å². The summed E-state index contributed by atoms with van der Waals surface area (Å²) in [5, 5.41) is 14.3. The molecular weight excluding hydrogens is 286 g/mol. The van der Waals surface area contributed by atoms with Gasteiger partial charge in [-0.25, -0.2) is 0 Å². The highest BCUT2D eigenvalue weighted by Crippen LogP contribution is 2.14. The fourth-order valence-electron chi connectivity index (χ4n) is 2.18. The van der Waals surface area contributed by atoms with Crippen molar-refractivity contribution in [2.75, 3.05) is 44.7 Å². The smallest absolute Gasteiger partial charge is 0.313 e. The topological polar surface area (TPSA) is 90.9 Å². The monoisotopic (exact) mass is 307 g/mol. The molecule has 1 aromatic carbocycles. The lowest BCUT2D eigenvalue weighted by atomic mass is 10.3. The van der Waals surface area contributed by atoms with Gasteiger partial charge in [0.2, 0.25) is 0 Å². The van der Waals surface area contributed by atoms with E-state index in [0.29, 0.717) is 12.2 Å². The van der Waals surface area contributed by atoms with Crippen molar-refractivity contribution >= 4 is 17.5 Å². The van der Waals surface area contributed by atoms with Crippen LogP contribution in [0.1, 0.15) is 6.42 Å². The molecule has 7 heteroatoms. The number of benzene rings is 1. The summed E-state index contributed by atoms with van der Waals surface area (Å²) in [6.07, 6.45) is 0.783. The Morgan fingerprint density at radius 3 is 2.73 bits per heavy atom. The third-order valence-electron chi connectivity index (χ3n) is 3.35. The Kier molecular flexibility index (Phi) is 6.17. The second-order valence-electron chi connectivity index (χ2n) is 5.07. The lowest BCUT2D eigenvalue weighted by Gasteiger charge is -2.26. The van der Waals surface area contributed by atoms with Crippen molar-refractivity contribution in [2.24, 2.45) is 0 Å². The molecule has 120 valence electrons. The Morgan fingerprint density at radius 2 is 2.00 bits per heavy atom. The average molecular weight is 307 g/mol. The second-order valence-corrected chi connectivity index (χ2v) is 5.07. The Labute approximate surface area is 129 Å². The molecule has 2 amide bonds. The number of morpholine rings is 1. The molecule has 0 atom stereocenters. The normalized spacial score (nSPS) is 15.3. The Hall–Kier alpha value is -2.12. The number of nitrogens with one attached hydrogen (secondary N) is 2. The van der Waals surface area contributed by atoms with E-state index in [2.05, 4.69) is 15.5 Å². The van der Waals surface area contributed by atoms with Crippen LogP contribution in [0.25, 0.3) is 0 Å². The van der Waals surface area contributed by atoms with Crippen LogP contribution < -0.4 is 10.6 Å². The largest absolute Gasteiger partial charge is 0.508 e. The summed E-state index contributed by atoms with van der Waals surface area (Å²) in [4.78, 5) is 25.6. The van der Waals surface area contributed by atoms with Gasteiger partial charge in [-0.1, -0.05) is 6.07 Å². The summed E-state index contributed by atoms with van der Waals surface area (Å²) in [5.74, 6) is -1.38. The Balaban J connectivity index is 1.64. The van der Waals surface area contributed by atoms with E-state index in [1.807, 2.05) is 0 Å². The molecule has 0 unspecified atom stereocenters. The lowest BCUT2D eigenvalue weighted by molar-refractivity contribution is -0.136. The summed E-state index contributed by atoms with van der Waals surface area (Å²) in [7, 11) is 0. The van der Waals surface area contributed by atoms with E-state index in [1.54, 1.807) is 12.1 Å². The summed E-state index contributed by atoms with van der Waals surface area (Å²) in [6.45, 7) is 4.64. The predicted octanol–water partition coefficient (Wildman–Crippen LogP) is 0.169. The molecule has 7 nitrogen and oxygen atoms in total. The second kappa shape index (κ2) is 8.35. The van der Waals surface area contributed by atoms with Gasteiger partial charge in [0.25, 0.3) is 0 Å². The number of hydrogen-bond donors (Lipinski definition) is 3. The average Bonchev–Trinajstić information content (AvgIpc) is 2.52. The van der Waals surface area contributed by atoms with Gasteiger partial charge >= 0.3 is 11.8 Å². The summed E-state index contributed by atoms with van der Waals surface area (Å²) >= 11 is 0. The first-order chi connectivity index (χ1) is 10.6. The fraction of sp³-hybridized carbons (Fsp3) is 0.467. The van der Waals surface area contributed by atoms with Crippen LogP contribution >= 0.6 is 0 Å². The molecule has 1 heterocycles. The van der Waals surface area contributed by atoms with Crippen molar-refractivity contribution in [1.29, 1.82) is 0 Å².